The number of hydrogen-bond donors (Lipinski definition) is 2. The van der Waals surface area contributed by atoms with Crippen LogP contribution in [0.5, 0.6) is 0 Å². The van der Waals surface area contributed by atoms with Crippen LogP contribution in [0.4, 0.5) is 4.39 Å². The van der Waals surface area contributed by atoms with Gasteiger partial charge in [-0.25, -0.2) is 9.37 Å². The van der Waals surface area contributed by atoms with Crippen LogP contribution in [0.2, 0.25) is 0 Å². The summed E-state index contributed by atoms with van der Waals surface area (Å²) >= 11 is 1.48. The van der Waals surface area contributed by atoms with Gasteiger partial charge in [-0.1, -0.05) is 19.1 Å². The van der Waals surface area contributed by atoms with Crippen LogP contribution in [0.1, 0.15) is 18.1 Å². The Hall–Kier alpha value is -4.44. The highest BCUT2D eigenvalue weighted by Gasteiger charge is 2.16. The van der Waals surface area contributed by atoms with Gasteiger partial charge in [-0.3, -0.25) is 24.4 Å². The summed E-state index contributed by atoms with van der Waals surface area (Å²) in [6.45, 7) is 1.81. The topological polar surface area (TPSA) is 105 Å². The number of thiophene rings is 1. The molecule has 0 radical (unpaired) electrons. The van der Waals surface area contributed by atoms with E-state index in [0.717, 1.165) is 25.9 Å². The minimum atomic E-state index is -0.535. The third kappa shape index (κ3) is 2.86. The Kier molecular flexibility index (Phi) is 4.15. The Balaban J connectivity index is 1.82. The molecular formula is C25H16FN7OS. The third-order valence-electron chi connectivity index (χ3n) is 6.17. The molecule has 8 bridgehead atoms. The average molecular weight is 482 g/mol. The fraction of sp³-hybridized carbons (Fsp3) is 0.0800. The maximum atomic E-state index is 16.0. The van der Waals surface area contributed by atoms with Crippen LogP contribution in [0, 0.1) is 5.82 Å². The van der Waals surface area contributed by atoms with Crippen LogP contribution in [0.25, 0.3) is 64.4 Å². The van der Waals surface area contributed by atoms with Gasteiger partial charge in [0.1, 0.15) is 15.9 Å². The minimum absolute atomic E-state index is 0.0945. The number of carbonyl (C=O) groups is 1. The van der Waals surface area contributed by atoms with Gasteiger partial charge in [0.2, 0.25) is 5.91 Å². The number of benzene rings is 1. The number of nitrogens with zero attached hydrogens (tertiary/aromatic N) is 5. The SMILES string of the molecule is CCC(=O)n1c2cncc(c2)c2ncc3[nH]nc(c4nc5c(cccc5c5ccc1s5)[nH]4)c3c2F. The van der Waals surface area contributed by atoms with Crippen molar-refractivity contribution in [3.05, 3.63) is 60.8 Å². The van der Waals surface area contributed by atoms with Crippen LogP contribution in [-0.2, 0) is 0 Å². The van der Waals surface area contributed by atoms with E-state index in [1.54, 1.807) is 29.2 Å². The summed E-state index contributed by atoms with van der Waals surface area (Å²) in [4.78, 5) is 30.6. The molecule has 0 spiro atoms. The number of carbonyl (C=O) groups excluding carboxylic acids is 1. The van der Waals surface area contributed by atoms with Crippen molar-refractivity contribution in [3.8, 4) is 0 Å². The molecule has 0 amide bonds. The summed E-state index contributed by atoms with van der Waals surface area (Å²) in [6.07, 6.45) is 4.99. The molecule has 2 N–H and O–H groups in total. The Morgan fingerprint density at radius 1 is 1.09 bits per heavy atom. The largest absolute Gasteiger partial charge is 0.337 e. The zero-order chi connectivity index (χ0) is 23.7. The predicted octanol–water partition coefficient (Wildman–Crippen LogP) is 6.02. The number of H-pyrrole nitrogens is 2. The maximum absolute atomic E-state index is 16.0. The minimum Gasteiger partial charge on any atom is -0.337 e. The number of para-hydroxylation sites is 1. The van der Waals surface area contributed by atoms with Crippen molar-refractivity contribution >= 4 is 81.7 Å². The summed E-state index contributed by atoms with van der Waals surface area (Å²) in [6, 6.07) is 11.5. The molecule has 6 heterocycles. The Bertz CT molecular complexity index is 2050. The molecule has 0 unspecified atom stereocenters. The second-order valence-corrected chi connectivity index (χ2v) is 9.28. The number of imidazole rings is 1. The van der Waals surface area contributed by atoms with Crippen LogP contribution < -0.4 is 0 Å². The summed E-state index contributed by atoms with van der Waals surface area (Å²) in [5, 5.41) is 8.88. The molecule has 1 aromatic carbocycles. The zero-order valence-electron chi connectivity index (χ0n) is 18.3. The van der Waals surface area contributed by atoms with Gasteiger partial charge in [-0.2, -0.15) is 5.10 Å². The van der Waals surface area contributed by atoms with Crippen molar-refractivity contribution in [2.75, 3.05) is 0 Å². The first-order valence-electron chi connectivity index (χ1n) is 11.0. The number of rotatable bonds is 1. The van der Waals surface area contributed by atoms with Crippen molar-refractivity contribution < 1.29 is 9.18 Å². The van der Waals surface area contributed by atoms with E-state index in [-0.39, 0.29) is 16.8 Å². The lowest BCUT2D eigenvalue weighted by Gasteiger charge is -2.06. The lowest BCUT2D eigenvalue weighted by Crippen LogP contribution is -2.09. The second-order valence-electron chi connectivity index (χ2n) is 8.22. The second kappa shape index (κ2) is 7.28. The molecule has 170 valence electrons. The molecule has 10 heteroatoms. The van der Waals surface area contributed by atoms with Gasteiger partial charge in [0.05, 0.1) is 39.8 Å². The molecule has 0 saturated carbocycles. The van der Waals surface area contributed by atoms with Gasteiger partial charge in [0.15, 0.2) is 11.5 Å². The molecule has 0 aliphatic rings. The summed E-state index contributed by atoms with van der Waals surface area (Å²) in [5.41, 5.74) is 3.50. The first kappa shape index (κ1) is 20.0. The van der Waals surface area contributed by atoms with E-state index in [1.807, 2.05) is 37.3 Å². The molecule has 0 atom stereocenters. The van der Waals surface area contributed by atoms with E-state index in [4.69, 9.17) is 4.98 Å². The lowest BCUT2D eigenvalue weighted by atomic mass is 10.2. The summed E-state index contributed by atoms with van der Waals surface area (Å²) in [5.74, 6) is -0.630. The fourth-order valence-corrected chi connectivity index (χ4v) is 5.59. The average Bonchev–Trinajstić information content (AvgIpc) is 3.62. The molecule has 0 saturated heterocycles. The standard InChI is InChI=1S/C25H16FN7OS/c1-2-18(34)33-13-8-12(9-27-10-13)22-21(26)20-16(11-28-22)31-32-24(20)25-29-15-5-3-4-14(23(15)30-25)17-6-7-19(33)35-17/h3-11H,2H2,1H3,(H,29,30)(H,31,32). The Morgan fingerprint density at radius 2 is 2.00 bits per heavy atom. The number of aromatic amines is 2. The number of halogens is 1. The van der Waals surface area contributed by atoms with Crippen molar-refractivity contribution in [2.45, 2.75) is 13.3 Å². The van der Waals surface area contributed by atoms with Crippen molar-refractivity contribution in [1.29, 1.82) is 0 Å². The zero-order valence-corrected chi connectivity index (χ0v) is 19.2. The summed E-state index contributed by atoms with van der Waals surface area (Å²) < 4.78 is 18.6. The number of aromatic nitrogens is 7. The molecule has 7 aromatic rings. The number of fused-ring (bicyclic) bond motifs is 9. The van der Waals surface area contributed by atoms with E-state index in [1.165, 1.54) is 11.3 Å². The molecule has 7 rings (SSSR count). The van der Waals surface area contributed by atoms with Crippen LogP contribution in [0.3, 0.4) is 0 Å². The molecule has 0 fully saturated rings. The van der Waals surface area contributed by atoms with E-state index in [9.17, 15) is 4.79 Å². The predicted molar refractivity (Wildman–Crippen MR) is 136 cm³/mol. The Morgan fingerprint density at radius 3 is 2.89 bits per heavy atom. The smallest absolute Gasteiger partial charge is 0.231 e. The van der Waals surface area contributed by atoms with E-state index in [2.05, 4.69) is 25.1 Å². The number of hydrogen-bond acceptors (Lipinski definition) is 6. The highest BCUT2D eigenvalue weighted by Crippen LogP contribution is 2.31. The van der Waals surface area contributed by atoms with Crippen molar-refractivity contribution in [1.82, 2.24) is 34.7 Å². The van der Waals surface area contributed by atoms with E-state index in [0.29, 0.717) is 34.0 Å². The molecule has 0 aliphatic heterocycles. The van der Waals surface area contributed by atoms with Gasteiger partial charge in [-0.05, 0) is 24.3 Å². The van der Waals surface area contributed by atoms with Gasteiger partial charge in [0, 0.05) is 28.1 Å². The van der Waals surface area contributed by atoms with E-state index >= 15 is 4.39 Å². The van der Waals surface area contributed by atoms with Crippen molar-refractivity contribution in [3.63, 3.8) is 0 Å². The lowest BCUT2D eigenvalue weighted by molar-refractivity contribution is 0.0918. The highest BCUT2D eigenvalue weighted by molar-refractivity contribution is 7.24. The quantitative estimate of drug-likeness (QED) is 0.298. The first-order chi connectivity index (χ1) is 17.1. The third-order valence-corrected chi connectivity index (χ3v) is 7.27. The molecule has 0 aliphatic carbocycles. The van der Waals surface area contributed by atoms with Gasteiger partial charge < -0.3 is 4.98 Å². The Labute approximate surface area is 199 Å². The molecule has 8 nitrogen and oxygen atoms in total. The van der Waals surface area contributed by atoms with E-state index < -0.39 is 5.82 Å². The monoisotopic (exact) mass is 481 g/mol. The first-order valence-corrected chi connectivity index (χ1v) is 11.8. The van der Waals surface area contributed by atoms with Crippen molar-refractivity contribution in [2.24, 2.45) is 0 Å². The van der Waals surface area contributed by atoms with Gasteiger partial charge in [-0.15, -0.1) is 11.3 Å². The molecular weight excluding hydrogens is 465 g/mol. The van der Waals surface area contributed by atoms with Crippen LogP contribution in [-0.4, -0.2) is 40.6 Å². The van der Waals surface area contributed by atoms with Crippen LogP contribution in [0.15, 0.2) is 55.0 Å². The highest BCUT2D eigenvalue weighted by atomic mass is 32.1. The molecule has 35 heavy (non-hydrogen) atoms. The number of pyridine rings is 2. The van der Waals surface area contributed by atoms with Crippen LogP contribution >= 0.6 is 11.3 Å². The maximum Gasteiger partial charge on any atom is 0.231 e. The van der Waals surface area contributed by atoms with Gasteiger partial charge >= 0.3 is 0 Å². The molecule has 6 aromatic heterocycles. The fourth-order valence-electron chi connectivity index (χ4n) is 4.52. The number of nitrogens with one attached hydrogen (secondary N) is 2. The summed E-state index contributed by atoms with van der Waals surface area (Å²) in [7, 11) is 0. The normalized spacial score (nSPS) is 11.9. The van der Waals surface area contributed by atoms with Gasteiger partial charge in [0.25, 0.3) is 0 Å².